The van der Waals surface area contributed by atoms with Gasteiger partial charge in [-0.25, -0.2) is 0 Å². The molecule has 1 aliphatic rings. The minimum Gasteiger partial charge on any atom is -0.441 e. The van der Waals surface area contributed by atoms with Gasteiger partial charge in [0.1, 0.15) is 5.82 Å². The quantitative estimate of drug-likeness (QED) is 0.715. The van der Waals surface area contributed by atoms with Crippen LogP contribution in [0.5, 0.6) is 6.08 Å². The third kappa shape index (κ3) is 2.79. The van der Waals surface area contributed by atoms with Crippen LogP contribution in [0.1, 0.15) is 30.4 Å². The molecule has 1 saturated carbocycles. The van der Waals surface area contributed by atoms with Crippen molar-refractivity contribution in [3.05, 3.63) is 40.9 Å². The van der Waals surface area contributed by atoms with E-state index in [4.69, 9.17) is 20.9 Å². The smallest absolute Gasteiger partial charge is 0.418 e. The molecule has 8 heteroatoms. The third-order valence-electron chi connectivity index (χ3n) is 3.79. The topological polar surface area (TPSA) is 78.9 Å². The van der Waals surface area contributed by atoms with Crippen LogP contribution in [0.25, 0.3) is 11.4 Å². The summed E-state index contributed by atoms with van der Waals surface area (Å²) in [7, 11) is 1.94. The first-order valence-electron chi connectivity index (χ1n) is 7.32. The SMILES string of the molecule is Cn1c(COc2nc(-c3ccccc3Cl)no2)nnc1C1CC1. The van der Waals surface area contributed by atoms with Crippen LogP contribution in [0.2, 0.25) is 5.02 Å². The van der Waals surface area contributed by atoms with Gasteiger partial charge in [0.2, 0.25) is 5.82 Å². The highest BCUT2D eigenvalue weighted by Crippen LogP contribution is 2.38. The molecule has 1 fully saturated rings. The van der Waals surface area contributed by atoms with Crippen LogP contribution < -0.4 is 4.74 Å². The van der Waals surface area contributed by atoms with Gasteiger partial charge in [0.05, 0.1) is 5.02 Å². The molecule has 1 aromatic carbocycles. The summed E-state index contributed by atoms with van der Waals surface area (Å²) in [6, 6.07) is 7.29. The number of hydrogen-bond donors (Lipinski definition) is 0. The molecule has 0 radical (unpaired) electrons. The Kier molecular flexibility index (Phi) is 3.49. The van der Waals surface area contributed by atoms with Crippen molar-refractivity contribution in [3.63, 3.8) is 0 Å². The summed E-state index contributed by atoms with van der Waals surface area (Å²) >= 11 is 6.12. The van der Waals surface area contributed by atoms with Crippen LogP contribution in [0, 0.1) is 0 Å². The predicted octanol–water partition coefficient (Wildman–Crippen LogP) is 2.97. The van der Waals surface area contributed by atoms with Crippen LogP contribution >= 0.6 is 11.6 Å². The summed E-state index contributed by atoms with van der Waals surface area (Å²) in [6.45, 7) is 0.223. The Morgan fingerprint density at radius 1 is 1.30 bits per heavy atom. The van der Waals surface area contributed by atoms with E-state index in [1.54, 1.807) is 6.07 Å². The Bertz CT molecular complexity index is 840. The predicted molar refractivity (Wildman–Crippen MR) is 82.1 cm³/mol. The molecule has 0 saturated heterocycles. The van der Waals surface area contributed by atoms with Crippen molar-refractivity contribution in [2.24, 2.45) is 7.05 Å². The second-order valence-corrected chi connectivity index (χ2v) is 5.87. The van der Waals surface area contributed by atoms with Gasteiger partial charge in [-0.15, -0.1) is 10.2 Å². The van der Waals surface area contributed by atoms with Gasteiger partial charge < -0.3 is 9.30 Å². The van der Waals surface area contributed by atoms with Crippen molar-refractivity contribution < 1.29 is 9.26 Å². The maximum Gasteiger partial charge on any atom is 0.418 e. The van der Waals surface area contributed by atoms with E-state index in [1.807, 2.05) is 29.8 Å². The molecule has 23 heavy (non-hydrogen) atoms. The van der Waals surface area contributed by atoms with Crippen LogP contribution in [0.15, 0.2) is 28.8 Å². The molecule has 2 heterocycles. The molecule has 118 valence electrons. The van der Waals surface area contributed by atoms with Gasteiger partial charge in [0.15, 0.2) is 12.4 Å². The van der Waals surface area contributed by atoms with E-state index in [2.05, 4.69) is 20.3 Å². The normalized spacial score (nSPS) is 14.2. The molecule has 0 spiro atoms. The fourth-order valence-electron chi connectivity index (χ4n) is 2.34. The highest BCUT2D eigenvalue weighted by atomic mass is 35.5. The van der Waals surface area contributed by atoms with Crippen molar-refractivity contribution in [1.29, 1.82) is 0 Å². The largest absolute Gasteiger partial charge is 0.441 e. The van der Waals surface area contributed by atoms with Gasteiger partial charge >= 0.3 is 6.08 Å². The monoisotopic (exact) mass is 331 g/mol. The number of hydrogen-bond acceptors (Lipinski definition) is 6. The second kappa shape index (κ2) is 5.66. The zero-order valence-corrected chi connectivity index (χ0v) is 13.2. The summed E-state index contributed by atoms with van der Waals surface area (Å²) in [4.78, 5) is 4.20. The lowest BCUT2D eigenvalue weighted by molar-refractivity contribution is 0.188. The van der Waals surface area contributed by atoms with Crippen molar-refractivity contribution in [2.45, 2.75) is 25.4 Å². The first-order chi connectivity index (χ1) is 11.2. The van der Waals surface area contributed by atoms with E-state index in [1.165, 1.54) is 12.8 Å². The van der Waals surface area contributed by atoms with Crippen molar-refractivity contribution in [2.75, 3.05) is 0 Å². The number of nitrogens with zero attached hydrogens (tertiary/aromatic N) is 5. The molecule has 0 aliphatic heterocycles. The first kappa shape index (κ1) is 14.2. The Balaban J connectivity index is 1.47. The zero-order chi connectivity index (χ0) is 15.8. The Morgan fingerprint density at radius 3 is 2.91 bits per heavy atom. The second-order valence-electron chi connectivity index (χ2n) is 5.46. The lowest BCUT2D eigenvalue weighted by Gasteiger charge is -2.02. The van der Waals surface area contributed by atoms with Crippen LogP contribution in [-0.2, 0) is 13.7 Å². The van der Waals surface area contributed by atoms with Gasteiger partial charge in [0, 0.05) is 18.5 Å². The van der Waals surface area contributed by atoms with E-state index in [0.29, 0.717) is 22.3 Å². The van der Waals surface area contributed by atoms with Gasteiger partial charge in [-0.2, -0.15) is 4.98 Å². The fourth-order valence-corrected chi connectivity index (χ4v) is 2.56. The van der Waals surface area contributed by atoms with E-state index in [-0.39, 0.29) is 12.7 Å². The molecular formula is C15H14ClN5O2. The van der Waals surface area contributed by atoms with Crippen LogP contribution in [0.4, 0.5) is 0 Å². The number of aromatic nitrogens is 5. The van der Waals surface area contributed by atoms with E-state index < -0.39 is 0 Å². The van der Waals surface area contributed by atoms with Crippen molar-refractivity contribution >= 4 is 11.6 Å². The van der Waals surface area contributed by atoms with Gasteiger partial charge in [-0.3, -0.25) is 4.52 Å². The van der Waals surface area contributed by atoms with E-state index in [9.17, 15) is 0 Å². The van der Waals surface area contributed by atoms with Crippen molar-refractivity contribution in [1.82, 2.24) is 24.9 Å². The Hall–Kier alpha value is -2.41. The summed E-state index contributed by atoms with van der Waals surface area (Å²) in [6.07, 6.45) is 2.44. The van der Waals surface area contributed by atoms with Gasteiger partial charge in [-0.05, 0) is 25.0 Å². The molecular weight excluding hydrogens is 318 g/mol. The summed E-state index contributed by atoms with van der Waals surface area (Å²) in [5.74, 6) is 2.66. The molecule has 1 aliphatic carbocycles. The van der Waals surface area contributed by atoms with Crippen molar-refractivity contribution in [3.8, 4) is 17.5 Å². The van der Waals surface area contributed by atoms with E-state index >= 15 is 0 Å². The van der Waals surface area contributed by atoms with Crippen LogP contribution in [-0.4, -0.2) is 24.9 Å². The minimum absolute atomic E-state index is 0.0795. The number of halogens is 1. The lowest BCUT2D eigenvalue weighted by Crippen LogP contribution is -2.05. The standard InChI is InChI=1S/C15H14ClN5O2/c1-21-12(18-19-14(21)9-6-7-9)8-22-15-17-13(20-23-15)10-4-2-3-5-11(10)16/h2-5,9H,6-8H2,1H3. The molecule has 0 bridgehead atoms. The summed E-state index contributed by atoms with van der Waals surface area (Å²) in [5.41, 5.74) is 0.697. The minimum atomic E-state index is 0.0795. The van der Waals surface area contributed by atoms with Gasteiger partial charge in [0.25, 0.3) is 0 Å². The van der Waals surface area contributed by atoms with Gasteiger partial charge in [-0.1, -0.05) is 28.9 Å². The maximum absolute atomic E-state index is 6.12. The summed E-state index contributed by atoms with van der Waals surface area (Å²) in [5, 5.41) is 12.8. The highest BCUT2D eigenvalue weighted by molar-refractivity contribution is 6.33. The van der Waals surface area contributed by atoms with Crippen LogP contribution in [0.3, 0.4) is 0 Å². The fraction of sp³-hybridized carbons (Fsp3) is 0.333. The number of benzene rings is 1. The molecule has 7 nitrogen and oxygen atoms in total. The molecule has 2 aromatic heterocycles. The highest BCUT2D eigenvalue weighted by Gasteiger charge is 2.29. The molecule has 3 aromatic rings. The number of rotatable bonds is 5. The zero-order valence-electron chi connectivity index (χ0n) is 12.4. The Labute approximate surface area is 137 Å². The maximum atomic E-state index is 6.12. The molecule has 0 unspecified atom stereocenters. The Morgan fingerprint density at radius 2 is 2.13 bits per heavy atom. The first-order valence-corrected chi connectivity index (χ1v) is 7.69. The average Bonchev–Trinajstić information content (AvgIpc) is 3.17. The van der Waals surface area contributed by atoms with E-state index in [0.717, 1.165) is 11.6 Å². The molecule has 0 N–H and O–H groups in total. The lowest BCUT2D eigenvalue weighted by atomic mass is 10.2. The molecule has 0 amide bonds. The average molecular weight is 332 g/mol. The molecule has 0 atom stereocenters. The summed E-state index contributed by atoms with van der Waals surface area (Å²) < 4.78 is 12.6. The third-order valence-corrected chi connectivity index (χ3v) is 4.12. The molecule has 4 rings (SSSR count). The number of ether oxygens (including phenoxy) is 1.